The van der Waals surface area contributed by atoms with Crippen molar-refractivity contribution in [3.05, 3.63) is 29.3 Å². The van der Waals surface area contributed by atoms with Gasteiger partial charge >= 0.3 is 0 Å². The molecule has 112 valence electrons. The molecule has 3 nitrogen and oxygen atoms in total. The molecule has 0 saturated carbocycles. The van der Waals surface area contributed by atoms with Gasteiger partial charge in [0.1, 0.15) is 0 Å². The van der Waals surface area contributed by atoms with Crippen molar-refractivity contribution in [2.75, 3.05) is 11.9 Å². The van der Waals surface area contributed by atoms with E-state index in [-0.39, 0.29) is 6.04 Å². The zero-order chi connectivity index (χ0) is 14.8. The predicted octanol–water partition coefficient (Wildman–Crippen LogP) is 3.63. The molecule has 1 aliphatic heterocycles. The van der Waals surface area contributed by atoms with Crippen LogP contribution in [0.5, 0.6) is 0 Å². The van der Waals surface area contributed by atoms with Crippen LogP contribution in [-0.4, -0.2) is 30.6 Å². The van der Waals surface area contributed by atoms with Crippen molar-refractivity contribution in [3.63, 3.8) is 0 Å². The third-order valence-corrected chi connectivity index (χ3v) is 6.78. The Hall–Kier alpha value is -0.390. The molecule has 0 N–H and O–H groups in total. The molecule has 5 heteroatoms. The summed E-state index contributed by atoms with van der Waals surface area (Å²) in [5.74, 6) is 0. The Bertz CT molecular complexity index is 571. The van der Waals surface area contributed by atoms with Gasteiger partial charge in [-0.25, -0.2) is 8.42 Å². The molecule has 1 aromatic rings. The lowest BCUT2D eigenvalue weighted by Gasteiger charge is -2.28. The van der Waals surface area contributed by atoms with Crippen LogP contribution in [0.15, 0.2) is 23.1 Å². The number of halogens is 1. The second-order valence-electron chi connectivity index (χ2n) is 5.54. The lowest BCUT2D eigenvalue weighted by atomic mass is 10.1. The molecule has 2 rings (SSSR count). The topological polar surface area (TPSA) is 37.4 Å². The molecule has 0 radical (unpaired) electrons. The van der Waals surface area contributed by atoms with Gasteiger partial charge in [0, 0.05) is 17.9 Å². The molecular formula is C15H22BrNO2S. The summed E-state index contributed by atoms with van der Waals surface area (Å²) in [4.78, 5) is 0.455. The summed E-state index contributed by atoms with van der Waals surface area (Å²) in [6.45, 7) is 4.49. The van der Waals surface area contributed by atoms with Crippen LogP contribution in [-0.2, 0) is 10.0 Å². The standard InChI is InChI=1S/C15H22BrNO2S/c1-12-7-8-15(13(2)10-12)20(18,19)17-9-5-3-4-6-14(17)11-16/h7-8,10,14H,3-6,9,11H2,1-2H3. The molecule has 1 fully saturated rings. The van der Waals surface area contributed by atoms with E-state index in [4.69, 9.17) is 0 Å². The van der Waals surface area contributed by atoms with Crippen molar-refractivity contribution in [1.29, 1.82) is 0 Å². The quantitative estimate of drug-likeness (QED) is 0.772. The number of aryl methyl sites for hydroxylation is 2. The first-order valence-electron chi connectivity index (χ1n) is 7.12. The van der Waals surface area contributed by atoms with E-state index in [0.717, 1.165) is 36.8 Å². The first kappa shape index (κ1) is 16.0. The predicted molar refractivity (Wildman–Crippen MR) is 85.9 cm³/mol. The fourth-order valence-electron chi connectivity index (χ4n) is 2.84. The van der Waals surface area contributed by atoms with Crippen LogP contribution in [0.1, 0.15) is 36.8 Å². The summed E-state index contributed by atoms with van der Waals surface area (Å²) in [5, 5.41) is 0.705. The van der Waals surface area contributed by atoms with Crippen LogP contribution >= 0.6 is 15.9 Å². The van der Waals surface area contributed by atoms with E-state index in [1.807, 2.05) is 26.0 Å². The van der Waals surface area contributed by atoms with Crippen LogP contribution in [0.4, 0.5) is 0 Å². The SMILES string of the molecule is Cc1ccc(S(=O)(=O)N2CCCCCC2CBr)c(C)c1. The molecule has 1 heterocycles. The average molecular weight is 360 g/mol. The Morgan fingerprint density at radius 3 is 2.65 bits per heavy atom. The van der Waals surface area contributed by atoms with Gasteiger partial charge in [0.25, 0.3) is 0 Å². The third kappa shape index (κ3) is 3.26. The third-order valence-electron chi connectivity index (χ3n) is 3.92. The fraction of sp³-hybridized carbons (Fsp3) is 0.600. The van der Waals surface area contributed by atoms with Crippen molar-refractivity contribution in [2.24, 2.45) is 0 Å². The molecule has 0 aliphatic carbocycles. The molecule has 0 spiro atoms. The fourth-order valence-corrected chi connectivity index (χ4v) is 5.60. The van der Waals surface area contributed by atoms with Gasteiger partial charge in [-0.2, -0.15) is 4.31 Å². The number of nitrogens with zero attached hydrogens (tertiary/aromatic N) is 1. The maximum Gasteiger partial charge on any atom is 0.243 e. The van der Waals surface area contributed by atoms with Crippen molar-refractivity contribution < 1.29 is 8.42 Å². The number of hydrogen-bond donors (Lipinski definition) is 0. The Kier molecular flexibility index (Phi) is 5.26. The highest BCUT2D eigenvalue weighted by molar-refractivity contribution is 9.09. The van der Waals surface area contributed by atoms with E-state index in [1.54, 1.807) is 10.4 Å². The largest absolute Gasteiger partial charge is 0.243 e. The monoisotopic (exact) mass is 359 g/mol. The molecule has 0 bridgehead atoms. The van der Waals surface area contributed by atoms with Crippen LogP contribution in [0, 0.1) is 13.8 Å². The highest BCUT2D eigenvalue weighted by atomic mass is 79.9. The van der Waals surface area contributed by atoms with Crippen LogP contribution in [0.25, 0.3) is 0 Å². The van der Waals surface area contributed by atoms with Crippen molar-refractivity contribution in [2.45, 2.75) is 50.5 Å². The minimum Gasteiger partial charge on any atom is -0.207 e. The van der Waals surface area contributed by atoms with Gasteiger partial charge in [-0.3, -0.25) is 0 Å². The first-order valence-corrected chi connectivity index (χ1v) is 9.68. The van der Waals surface area contributed by atoms with Gasteiger partial charge in [-0.1, -0.05) is 46.5 Å². The normalized spacial score (nSPS) is 21.6. The summed E-state index contributed by atoms with van der Waals surface area (Å²) in [5.41, 5.74) is 1.93. The smallest absolute Gasteiger partial charge is 0.207 e. The van der Waals surface area contributed by atoms with E-state index in [9.17, 15) is 8.42 Å². The molecule has 0 aromatic heterocycles. The number of sulfonamides is 1. The van der Waals surface area contributed by atoms with Crippen molar-refractivity contribution >= 4 is 26.0 Å². The van der Waals surface area contributed by atoms with E-state index in [0.29, 0.717) is 16.8 Å². The van der Waals surface area contributed by atoms with Gasteiger partial charge < -0.3 is 0 Å². The Labute approximate surface area is 130 Å². The Morgan fingerprint density at radius 1 is 1.25 bits per heavy atom. The van der Waals surface area contributed by atoms with E-state index in [1.165, 1.54) is 0 Å². The summed E-state index contributed by atoms with van der Waals surface area (Å²) >= 11 is 3.48. The van der Waals surface area contributed by atoms with Gasteiger partial charge in [-0.15, -0.1) is 0 Å². The van der Waals surface area contributed by atoms with Gasteiger partial charge in [0.05, 0.1) is 4.90 Å². The average Bonchev–Trinajstić information content (AvgIpc) is 2.63. The molecule has 0 amide bonds. The number of rotatable bonds is 3. The summed E-state index contributed by atoms with van der Waals surface area (Å²) in [6.07, 6.45) is 4.11. The van der Waals surface area contributed by atoms with Crippen molar-refractivity contribution in [3.8, 4) is 0 Å². The molecule has 1 atom stereocenters. The Balaban J connectivity index is 2.41. The summed E-state index contributed by atoms with van der Waals surface area (Å²) in [7, 11) is -3.39. The molecule has 1 aromatic carbocycles. The minimum absolute atomic E-state index is 0.0724. The molecule has 20 heavy (non-hydrogen) atoms. The van der Waals surface area contributed by atoms with Gasteiger partial charge in [-0.05, 0) is 38.3 Å². The minimum atomic E-state index is -3.39. The second kappa shape index (κ2) is 6.58. The van der Waals surface area contributed by atoms with Crippen LogP contribution < -0.4 is 0 Å². The van der Waals surface area contributed by atoms with E-state index >= 15 is 0 Å². The maximum atomic E-state index is 12.9. The van der Waals surface area contributed by atoms with Gasteiger partial charge in [0.2, 0.25) is 10.0 Å². The Morgan fingerprint density at radius 2 is 2.00 bits per heavy atom. The summed E-state index contributed by atoms with van der Waals surface area (Å²) < 4.78 is 27.6. The molecular weight excluding hydrogens is 338 g/mol. The maximum absolute atomic E-state index is 12.9. The summed E-state index contributed by atoms with van der Waals surface area (Å²) in [6, 6.07) is 5.63. The molecule has 1 unspecified atom stereocenters. The van der Waals surface area contributed by atoms with Gasteiger partial charge in [0.15, 0.2) is 0 Å². The lowest BCUT2D eigenvalue weighted by molar-refractivity contribution is 0.347. The highest BCUT2D eigenvalue weighted by Gasteiger charge is 2.32. The molecule has 1 saturated heterocycles. The highest BCUT2D eigenvalue weighted by Crippen LogP contribution is 2.27. The van der Waals surface area contributed by atoms with Crippen LogP contribution in [0.3, 0.4) is 0 Å². The number of alkyl halides is 1. The molecule has 1 aliphatic rings. The zero-order valence-corrected chi connectivity index (χ0v) is 14.5. The zero-order valence-electron chi connectivity index (χ0n) is 12.1. The lowest BCUT2D eigenvalue weighted by Crippen LogP contribution is -2.41. The second-order valence-corrected chi connectivity index (χ2v) is 8.05. The van der Waals surface area contributed by atoms with E-state index < -0.39 is 10.0 Å². The van der Waals surface area contributed by atoms with Crippen LogP contribution in [0.2, 0.25) is 0 Å². The number of benzene rings is 1. The van der Waals surface area contributed by atoms with E-state index in [2.05, 4.69) is 15.9 Å². The first-order chi connectivity index (χ1) is 9.46. The van der Waals surface area contributed by atoms with Crippen molar-refractivity contribution in [1.82, 2.24) is 4.31 Å². The number of hydrogen-bond acceptors (Lipinski definition) is 2.